The zero-order chi connectivity index (χ0) is 14.2. The third kappa shape index (κ3) is 4.63. The van der Waals surface area contributed by atoms with Crippen LogP contribution in [-0.2, 0) is 11.3 Å². The molecule has 1 heterocycles. The second-order valence-corrected chi connectivity index (χ2v) is 5.69. The van der Waals surface area contributed by atoms with E-state index in [-0.39, 0.29) is 0 Å². The van der Waals surface area contributed by atoms with Gasteiger partial charge in [0.2, 0.25) is 0 Å². The maximum Gasteiger partial charge on any atom is 0.0587 e. The van der Waals surface area contributed by atoms with Gasteiger partial charge >= 0.3 is 0 Å². The lowest BCUT2D eigenvalue weighted by molar-refractivity contribution is 0.199. The average molecular weight is 288 g/mol. The van der Waals surface area contributed by atoms with Crippen molar-refractivity contribution in [3.8, 4) is 0 Å². The third-order valence-corrected chi connectivity index (χ3v) is 4.00. The molecule has 0 aliphatic carbocycles. The van der Waals surface area contributed by atoms with Crippen LogP contribution in [0.4, 0.5) is 0 Å². The van der Waals surface area contributed by atoms with Crippen molar-refractivity contribution < 1.29 is 4.74 Å². The summed E-state index contributed by atoms with van der Waals surface area (Å²) in [4.78, 5) is 6.51. The number of hydrogen-bond acceptors (Lipinski definition) is 4. The fourth-order valence-electron chi connectivity index (χ4n) is 1.87. The number of hydrogen-bond donors (Lipinski definition) is 1. The molecule has 3 nitrogen and oxygen atoms in total. The van der Waals surface area contributed by atoms with Crippen molar-refractivity contribution in [3.05, 3.63) is 53.9 Å². The highest BCUT2D eigenvalue weighted by molar-refractivity contribution is 7.99. The van der Waals surface area contributed by atoms with E-state index in [1.54, 1.807) is 18.9 Å². The van der Waals surface area contributed by atoms with E-state index in [0.717, 1.165) is 19.7 Å². The summed E-state index contributed by atoms with van der Waals surface area (Å²) in [6.07, 6.45) is 3.65. The number of benzene rings is 1. The predicted octanol–water partition coefficient (Wildman–Crippen LogP) is 3.28. The van der Waals surface area contributed by atoms with E-state index in [1.807, 2.05) is 24.5 Å². The molecule has 0 aliphatic heterocycles. The first kappa shape index (κ1) is 15.0. The maximum atomic E-state index is 5.02. The predicted molar refractivity (Wildman–Crippen MR) is 83.1 cm³/mol. The summed E-state index contributed by atoms with van der Waals surface area (Å²) < 4.78 is 5.02. The first-order valence-electron chi connectivity index (χ1n) is 6.66. The van der Waals surface area contributed by atoms with Gasteiger partial charge in [-0.1, -0.05) is 17.8 Å². The monoisotopic (exact) mass is 288 g/mol. The number of rotatable bonds is 7. The smallest absolute Gasteiger partial charge is 0.0587 e. The van der Waals surface area contributed by atoms with E-state index in [9.17, 15) is 0 Å². The van der Waals surface area contributed by atoms with Crippen molar-refractivity contribution in [1.29, 1.82) is 0 Å². The summed E-state index contributed by atoms with van der Waals surface area (Å²) in [6, 6.07) is 10.7. The van der Waals surface area contributed by atoms with Gasteiger partial charge in [-0.3, -0.25) is 4.98 Å². The van der Waals surface area contributed by atoms with Crippen molar-refractivity contribution in [1.82, 2.24) is 10.3 Å². The molecule has 1 aromatic carbocycles. The Balaban J connectivity index is 1.95. The largest absolute Gasteiger partial charge is 0.383 e. The van der Waals surface area contributed by atoms with Crippen LogP contribution < -0.4 is 5.32 Å². The standard InChI is InChI=1S/C16H20N2OS/c1-13-11-16(20-15-5-7-17-8-6-15)4-3-14(13)12-18-9-10-19-2/h3-8,11,18H,9-10,12H2,1-2H3. The van der Waals surface area contributed by atoms with Crippen molar-refractivity contribution in [2.45, 2.75) is 23.3 Å². The van der Waals surface area contributed by atoms with Crippen LogP contribution in [0.1, 0.15) is 11.1 Å². The molecule has 0 fully saturated rings. The lowest BCUT2D eigenvalue weighted by Crippen LogP contribution is -2.19. The fourth-order valence-corrected chi connectivity index (χ4v) is 2.77. The Morgan fingerprint density at radius 3 is 2.65 bits per heavy atom. The molecule has 2 rings (SSSR count). The van der Waals surface area contributed by atoms with Gasteiger partial charge in [0.1, 0.15) is 0 Å². The Morgan fingerprint density at radius 1 is 1.15 bits per heavy atom. The molecule has 0 radical (unpaired) electrons. The van der Waals surface area contributed by atoms with E-state index in [0.29, 0.717) is 0 Å². The fraction of sp³-hybridized carbons (Fsp3) is 0.312. The van der Waals surface area contributed by atoms with Crippen LogP contribution in [0.15, 0.2) is 52.5 Å². The maximum absolute atomic E-state index is 5.02. The topological polar surface area (TPSA) is 34.1 Å². The zero-order valence-electron chi connectivity index (χ0n) is 11.9. The van der Waals surface area contributed by atoms with Crippen LogP contribution in [0.5, 0.6) is 0 Å². The first-order chi connectivity index (χ1) is 9.79. The number of aryl methyl sites for hydroxylation is 1. The van der Waals surface area contributed by atoms with Crippen molar-refractivity contribution in [3.63, 3.8) is 0 Å². The Morgan fingerprint density at radius 2 is 1.95 bits per heavy atom. The molecule has 0 spiro atoms. The van der Waals surface area contributed by atoms with Gasteiger partial charge in [-0.15, -0.1) is 0 Å². The second kappa shape index (κ2) is 8.04. The van der Waals surface area contributed by atoms with E-state index in [2.05, 4.69) is 35.4 Å². The number of nitrogens with one attached hydrogen (secondary N) is 1. The Hall–Kier alpha value is -1.36. The Labute approximate surface area is 124 Å². The van der Waals surface area contributed by atoms with Gasteiger partial charge in [0, 0.05) is 42.4 Å². The Kier molecular flexibility index (Phi) is 6.05. The lowest BCUT2D eigenvalue weighted by Gasteiger charge is -2.09. The molecule has 2 aromatic rings. The summed E-state index contributed by atoms with van der Waals surface area (Å²) in [7, 11) is 1.72. The molecule has 1 N–H and O–H groups in total. The Bertz CT molecular complexity index is 531. The summed E-state index contributed by atoms with van der Waals surface area (Å²) in [6.45, 7) is 4.66. The highest BCUT2D eigenvalue weighted by atomic mass is 32.2. The number of methoxy groups -OCH3 is 1. The van der Waals surface area contributed by atoms with Crippen LogP contribution in [0.25, 0.3) is 0 Å². The zero-order valence-corrected chi connectivity index (χ0v) is 12.7. The van der Waals surface area contributed by atoms with Crippen LogP contribution in [-0.4, -0.2) is 25.2 Å². The van der Waals surface area contributed by atoms with E-state index in [1.165, 1.54) is 20.9 Å². The molecule has 0 atom stereocenters. The summed E-state index contributed by atoms with van der Waals surface area (Å²) in [5.41, 5.74) is 2.65. The molecule has 0 bridgehead atoms. The summed E-state index contributed by atoms with van der Waals surface area (Å²) in [5, 5.41) is 3.37. The summed E-state index contributed by atoms with van der Waals surface area (Å²) >= 11 is 1.76. The van der Waals surface area contributed by atoms with Gasteiger partial charge in [0.25, 0.3) is 0 Å². The molecule has 0 aliphatic rings. The number of pyridine rings is 1. The minimum absolute atomic E-state index is 0.745. The number of aromatic nitrogens is 1. The van der Waals surface area contributed by atoms with Crippen molar-refractivity contribution in [2.24, 2.45) is 0 Å². The van der Waals surface area contributed by atoms with Crippen LogP contribution in [0.2, 0.25) is 0 Å². The number of ether oxygens (including phenoxy) is 1. The third-order valence-electron chi connectivity index (χ3n) is 3.00. The van der Waals surface area contributed by atoms with Gasteiger partial charge in [-0.05, 0) is 42.3 Å². The second-order valence-electron chi connectivity index (χ2n) is 4.54. The van der Waals surface area contributed by atoms with Crippen LogP contribution >= 0.6 is 11.8 Å². The van der Waals surface area contributed by atoms with Gasteiger partial charge in [-0.25, -0.2) is 0 Å². The molecule has 20 heavy (non-hydrogen) atoms. The molecule has 1 aromatic heterocycles. The molecular weight excluding hydrogens is 268 g/mol. The quantitative estimate of drug-likeness (QED) is 0.793. The van der Waals surface area contributed by atoms with Gasteiger partial charge < -0.3 is 10.1 Å². The SMILES string of the molecule is COCCNCc1ccc(Sc2ccncc2)cc1C. The molecule has 0 amide bonds. The van der Waals surface area contributed by atoms with Gasteiger partial charge in [-0.2, -0.15) is 0 Å². The van der Waals surface area contributed by atoms with E-state index in [4.69, 9.17) is 4.74 Å². The molecular formula is C16H20N2OS. The molecule has 0 unspecified atom stereocenters. The average Bonchev–Trinajstić information content (AvgIpc) is 2.46. The number of nitrogens with zero attached hydrogens (tertiary/aromatic N) is 1. The van der Waals surface area contributed by atoms with Crippen molar-refractivity contribution in [2.75, 3.05) is 20.3 Å². The molecule has 0 saturated carbocycles. The molecule has 4 heteroatoms. The van der Waals surface area contributed by atoms with Gasteiger partial charge in [0.05, 0.1) is 6.61 Å². The highest BCUT2D eigenvalue weighted by Crippen LogP contribution is 2.28. The minimum Gasteiger partial charge on any atom is -0.383 e. The first-order valence-corrected chi connectivity index (χ1v) is 7.48. The highest BCUT2D eigenvalue weighted by Gasteiger charge is 2.02. The summed E-state index contributed by atoms with van der Waals surface area (Å²) in [5.74, 6) is 0. The van der Waals surface area contributed by atoms with Crippen molar-refractivity contribution >= 4 is 11.8 Å². The van der Waals surface area contributed by atoms with Crippen LogP contribution in [0, 0.1) is 6.92 Å². The van der Waals surface area contributed by atoms with Gasteiger partial charge in [0.15, 0.2) is 0 Å². The van der Waals surface area contributed by atoms with E-state index >= 15 is 0 Å². The molecule has 106 valence electrons. The van der Waals surface area contributed by atoms with Crippen LogP contribution in [0.3, 0.4) is 0 Å². The van der Waals surface area contributed by atoms with E-state index < -0.39 is 0 Å². The molecule has 0 saturated heterocycles. The normalized spacial score (nSPS) is 10.7. The minimum atomic E-state index is 0.745. The lowest BCUT2D eigenvalue weighted by atomic mass is 10.1.